The van der Waals surface area contributed by atoms with Gasteiger partial charge in [-0.05, 0) is 6.07 Å². The van der Waals surface area contributed by atoms with Crippen LogP contribution in [-0.4, -0.2) is 12.2 Å². The third-order valence-corrected chi connectivity index (χ3v) is 1.86. The molecule has 1 rings (SSSR count). The van der Waals surface area contributed by atoms with Crippen molar-refractivity contribution < 1.29 is 9.59 Å². The van der Waals surface area contributed by atoms with E-state index in [1.807, 2.05) is 0 Å². The Morgan fingerprint density at radius 3 is 2.57 bits per heavy atom. The molecule has 0 radical (unpaired) electrons. The molecule has 1 unspecified atom stereocenters. The number of carbonyl (C=O) groups excluding carboxylic acids is 2. The van der Waals surface area contributed by atoms with Crippen molar-refractivity contribution in [1.82, 2.24) is 0 Å². The summed E-state index contributed by atoms with van der Waals surface area (Å²) in [6.07, 6.45) is 2.74. The minimum Gasteiger partial charge on any atom is -0.211 e. The molecule has 4 nitrogen and oxygen atoms in total. The van der Waals surface area contributed by atoms with Gasteiger partial charge in [0.1, 0.15) is 0 Å². The van der Waals surface area contributed by atoms with Crippen LogP contribution in [0.1, 0.15) is 11.1 Å². The summed E-state index contributed by atoms with van der Waals surface area (Å²) in [6.45, 7) is 0. The normalized spacial score (nSPS) is 10.9. The fraction of sp³-hybridized carbons (Fsp3) is 0.111. The second-order valence-corrected chi connectivity index (χ2v) is 2.73. The number of hydrogen-bond donors (Lipinski definition) is 0. The zero-order valence-corrected chi connectivity index (χ0v) is 7.73. The standard InChI is InChI=1S/C9H5ClN2O2/c10-9(12-6-14)7-3-1-2-4-8(7)11-5-13/h1-4,9H. The average molecular weight is 209 g/mol. The summed E-state index contributed by atoms with van der Waals surface area (Å²) in [5, 5.41) is 0. The van der Waals surface area contributed by atoms with Gasteiger partial charge in [-0.3, -0.25) is 0 Å². The van der Waals surface area contributed by atoms with Crippen LogP contribution in [0, 0.1) is 0 Å². The summed E-state index contributed by atoms with van der Waals surface area (Å²) in [4.78, 5) is 26.8. The second-order valence-electron chi connectivity index (χ2n) is 2.32. The average Bonchev–Trinajstić information content (AvgIpc) is 2.19. The monoisotopic (exact) mass is 208 g/mol. The smallest absolute Gasteiger partial charge is 0.211 e. The molecule has 0 aliphatic rings. The zero-order valence-electron chi connectivity index (χ0n) is 6.98. The topological polar surface area (TPSA) is 58.9 Å². The van der Waals surface area contributed by atoms with Crippen molar-refractivity contribution in [3.8, 4) is 0 Å². The number of isocyanates is 2. The van der Waals surface area contributed by atoms with Crippen molar-refractivity contribution >= 4 is 29.4 Å². The van der Waals surface area contributed by atoms with E-state index in [9.17, 15) is 9.59 Å². The van der Waals surface area contributed by atoms with Crippen LogP contribution in [0.2, 0.25) is 0 Å². The molecule has 0 N–H and O–H groups in total. The van der Waals surface area contributed by atoms with E-state index in [1.54, 1.807) is 24.3 Å². The van der Waals surface area contributed by atoms with Crippen molar-refractivity contribution in [2.75, 3.05) is 0 Å². The first-order valence-electron chi connectivity index (χ1n) is 3.67. The highest BCUT2D eigenvalue weighted by molar-refractivity contribution is 6.21. The molecule has 5 heteroatoms. The summed E-state index contributed by atoms with van der Waals surface area (Å²) in [5.41, 5.74) is -0.0526. The van der Waals surface area contributed by atoms with Gasteiger partial charge in [-0.25, -0.2) is 9.59 Å². The van der Waals surface area contributed by atoms with Crippen molar-refractivity contribution in [3.63, 3.8) is 0 Å². The number of halogens is 1. The van der Waals surface area contributed by atoms with Crippen LogP contribution < -0.4 is 0 Å². The largest absolute Gasteiger partial charge is 0.240 e. The van der Waals surface area contributed by atoms with Crippen molar-refractivity contribution in [1.29, 1.82) is 0 Å². The number of alkyl halides is 1. The number of rotatable bonds is 3. The minimum atomic E-state index is -0.874. The summed E-state index contributed by atoms with van der Waals surface area (Å²) in [5.74, 6) is 0. The molecule has 0 aromatic heterocycles. The lowest BCUT2D eigenvalue weighted by Gasteiger charge is -2.04. The number of para-hydroxylation sites is 1. The summed E-state index contributed by atoms with van der Waals surface area (Å²) in [7, 11) is 0. The van der Waals surface area contributed by atoms with E-state index in [1.165, 1.54) is 12.2 Å². The number of benzene rings is 1. The Hall–Kier alpha value is -1.73. The van der Waals surface area contributed by atoms with Crippen LogP contribution in [0.15, 0.2) is 34.3 Å². The quantitative estimate of drug-likeness (QED) is 0.331. The maximum atomic E-state index is 10.1. The molecule has 0 saturated heterocycles. The van der Waals surface area contributed by atoms with Crippen LogP contribution in [0.4, 0.5) is 5.69 Å². The molecule has 14 heavy (non-hydrogen) atoms. The number of hydrogen-bond acceptors (Lipinski definition) is 4. The van der Waals surface area contributed by atoms with E-state index < -0.39 is 5.50 Å². The first-order valence-corrected chi connectivity index (χ1v) is 4.11. The third kappa shape index (κ3) is 2.38. The summed E-state index contributed by atoms with van der Waals surface area (Å²) < 4.78 is 0. The first-order chi connectivity index (χ1) is 6.79. The minimum absolute atomic E-state index is 0.349. The van der Waals surface area contributed by atoms with E-state index in [0.29, 0.717) is 11.3 Å². The zero-order chi connectivity index (χ0) is 10.4. The SMILES string of the molecule is O=C=Nc1ccccc1C(Cl)N=C=O. The maximum Gasteiger partial charge on any atom is 0.240 e. The molecular formula is C9H5ClN2O2. The van der Waals surface area contributed by atoms with Crippen LogP contribution in [0.25, 0.3) is 0 Å². The molecular weight excluding hydrogens is 204 g/mol. The van der Waals surface area contributed by atoms with Gasteiger partial charge in [0.05, 0.1) is 5.69 Å². The molecule has 0 heterocycles. The molecule has 0 fully saturated rings. The van der Waals surface area contributed by atoms with Gasteiger partial charge in [-0.15, -0.1) is 0 Å². The van der Waals surface area contributed by atoms with Gasteiger partial charge in [0.2, 0.25) is 12.2 Å². The van der Waals surface area contributed by atoms with Gasteiger partial charge >= 0.3 is 0 Å². The Morgan fingerprint density at radius 1 is 1.21 bits per heavy atom. The lowest BCUT2D eigenvalue weighted by molar-refractivity contribution is 0.562. The van der Waals surface area contributed by atoms with Crippen LogP contribution >= 0.6 is 11.6 Å². The molecule has 0 aliphatic carbocycles. The Labute approximate surface area is 84.9 Å². The van der Waals surface area contributed by atoms with E-state index in [4.69, 9.17) is 11.6 Å². The van der Waals surface area contributed by atoms with Gasteiger partial charge in [-0.1, -0.05) is 29.8 Å². The lowest BCUT2D eigenvalue weighted by atomic mass is 10.2. The molecule has 0 bridgehead atoms. The molecule has 0 spiro atoms. The van der Waals surface area contributed by atoms with Crippen molar-refractivity contribution in [3.05, 3.63) is 29.8 Å². The highest BCUT2D eigenvalue weighted by atomic mass is 35.5. The van der Waals surface area contributed by atoms with Crippen LogP contribution in [-0.2, 0) is 9.59 Å². The predicted octanol–water partition coefficient (Wildman–Crippen LogP) is 2.23. The molecule has 1 atom stereocenters. The second kappa shape index (κ2) is 5.10. The lowest BCUT2D eigenvalue weighted by Crippen LogP contribution is -1.86. The fourth-order valence-corrected chi connectivity index (χ4v) is 1.18. The molecule has 0 amide bonds. The first kappa shape index (κ1) is 10.4. The Balaban J connectivity index is 3.18. The highest BCUT2D eigenvalue weighted by Crippen LogP contribution is 2.29. The van der Waals surface area contributed by atoms with Gasteiger partial charge in [0.15, 0.2) is 5.50 Å². The Bertz CT molecular complexity index is 421. The summed E-state index contributed by atoms with van der Waals surface area (Å²) >= 11 is 5.73. The molecule has 0 aliphatic heterocycles. The third-order valence-electron chi connectivity index (χ3n) is 1.53. The van der Waals surface area contributed by atoms with Gasteiger partial charge in [0, 0.05) is 5.56 Å². The van der Waals surface area contributed by atoms with Crippen LogP contribution in [0.3, 0.4) is 0 Å². The van der Waals surface area contributed by atoms with Gasteiger partial charge in [0.25, 0.3) is 0 Å². The fourth-order valence-electron chi connectivity index (χ4n) is 0.956. The van der Waals surface area contributed by atoms with Crippen molar-refractivity contribution in [2.24, 2.45) is 9.98 Å². The maximum absolute atomic E-state index is 10.1. The van der Waals surface area contributed by atoms with Crippen LogP contribution in [0.5, 0.6) is 0 Å². The molecule has 70 valence electrons. The van der Waals surface area contributed by atoms with Gasteiger partial charge < -0.3 is 0 Å². The molecule has 1 aromatic carbocycles. The van der Waals surface area contributed by atoms with E-state index in [-0.39, 0.29) is 0 Å². The number of nitrogens with zero attached hydrogens (tertiary/aromatic N) is 2. The van der Waals surface area contributed by atoms with E-state index >= 15 is 0 Å². The highest BCUT2D eigenvalue weighted by Gasteiger charge is 2.09. The summed E-state index contributed by atoms with van der Waals surface area (Å²) in [6, 6.07) is 6.59. The number of aliphatic imine (C=N–C) groups is 2. The Kier molecular flexibility index (Phi) is 3.77. The predicted molar refractivity (Wildman–Crippen MR) is 50.9 cm³/mol. The Morgan fingerprint density at radius 2 is 1.93 bits per heavy atom. The van der Waals surface area contributed by atoms with Crippen molar-refractivity contribution in [2.45, 2.75) is 5.50 Å². The molecule has 0 saturated carbocycles. The van der Waals surface area contributed by atoms with Gasteiger partial charge in [-0.2, -0.15) is 9.98 Å². The molecule has 1 aromatic rings. The van der Waals surface area contributed by atoms with E-state index in [0.717, 1.165) is 0 Å². The van der Waals surface area contributed by atoms with E-state index in [2.05, 4.69) is 9.98 Å².